The number of carbonyl (C=O) groups is 3. The van der Waals surface area contributed by atoms with Crippen molar-refractivity contribution in [1.29, 1.82) is 0 Å². The van der Waals surface area contributed by atoms with Crippen molar-refractivity contribution in [1.82, 2.24) is 15.2 Å². The number of anilines is 1. The predicted molar refractivity (Wildman–Crippen MR) is 78.0 cm³/mol. The highest BCUT2D eigenvalue weighted by Gasteiger charge is 2.29. The summed E-state index contributed by atoms with van der Waals surface area (Å²) >= 11 is 0. The fourth-order valence-corrected chi connectivity index (χ4v) is 2.09. The second kappa shape index (κ2) is 6.88. The average molecular weight is 306 g/mol. The maximum absolute atomic E-state index is 12.1. The van der Waals surface area contributed by atoms with Gasteiger partial charge in [0.15, 0.2) is 0 Å². The summed E-state index contributed by atoms with van der Waals surface area (Å²) in [5, 5.41) is 2.53. The Morgan fingerprint density at radius 1 is 1.50 bits per heavy atom. The van der Waals surface area contributed by atoms with Gasteiger partial charge in [-0.3, -0.25) is 19.3 Å². The van der Waals surface area contributed by atoms with Crippen molar-refractivity contribution in [3.63, 3.8) is 0 Å². The maximum atomic E-state index is 12.1. The van der Waals surface area contributed by atoms with Gasteiger partial charge in [-0.1, -0.05) is 6.58 Å². The van der Waals surface area contributed by atoms with E-state index in [1.54, 1.807) is 7.05 Å². The van der Waals surface area contributed by atoms with Crippen molar-refractivity contribution in [3.05, 3.63) is 24.6 Å². The van der Waals surface area contributed by atoms with Gasteiger partial charge in [-0.2, -0.15) is 4.98 Å². The van der Waals surface area contributed by atoms with Crippen LogP contribution >= 0.6 is 0 Å². The van der Waals surface area contributed by atoms with Crippen LogP contribution in [0.3, 0.4) is 0 Å². The number of rotatable bonds is 5. The van der Waals surface area contributed by atoms with E-state index < -0.39 is 0 Å². The average Bonchev–Trinajstić information content (AvgIpc) is 3.00. The molecule has 0 aliphatic carbocycles. The lowest BCUT2D eigenvalue weighted by atomic mass is 10.2. The zero-order valence-electron chi connectivity index (χ0n) is 12.4. The van der Waals surface area contributed by atoms with Crippen LogP contribution in [0.25, 0.3) is 0 Å². The quantitative estimate of drug-likeness (QED) is 0.754. The van der Waals surface area contributed by atoms with E-state index in [0.29, 0.717) is 31.6 Å². The fourth-order valence-electron chi connectivity index (χ4n) is 2.09. The summed E-state index contributed by atoms with van der Waals surface area (Å²) in [6.45, 7) is 4.09. The van der Waals surface area contributed by atoms with Crippen LogP contribution in [0.4, 0.5) is 6.01 Å². The Balaban J connectivity index is 1.97. The monoisotopic (exact) mass is 306 g/mol. The number of nitrogens with one attached hydrogen (secondary N) is 1. The minimum Gasteiger partial charge on any atom is -0.431 e. The van der Waals surface area contributed by atoms with Crippen molar-refractivity contribution in [2.75, 3.05) is 31.6 Å². The van der Waals surface area contributed by atoms with Crippen molar-refractivity contribution in [3.8, 4) is 0 Å². The van der Waals surface area contributed by atoms with Crippen LogP contribution < -0.4 is 10.2 Å². The van der Waals surface area contributed by atoms with Crippen molar-refractivity contribution >= 4 is 23.7 Å². The second-order valence-electron chi connectivity index (χ2n) is 4.80. The van der Waals surface area contributed by atoms with Gasteiger partial charge in [0.1, 0.15) is 12.8 Å². The lowest BCUT2D eigenvalue weighted by Crippen LogP contribution is -2.52. The van der Waals surface area contributed by atoms with Gasteiger partial charge in [0.2, 0.25) is 17.7 Å². The number of aromatic nitrogens is 1. The molecule has 3 amide bonds. The molecule has 1 saturated heterocycles. The highest BCUT2D eigenvalue weighted by Crippen LogP contribution is 2.17. The fraction of sp³-hybridized carbons (Fsp3) is 0.429. The zero-order valence-corrected chi connectivity index (χ0v) is 12.4. The normalized spacial score (nSPS) is 14.9. The first-order valence-electron chi connectivity index (χ1n) is 6.92. The van der Waals surface area contributed by atoms with Gasteiger partial charge in [0, 0.05) is 33.0 Å². The molecule has 0 unspecified atom stereocenters. The molecule has 22 heavy (non-hydrogen) atoms. The van der Waals surface area contributed by atoms with Crippen LogP contribution in [0.15, 0.2) is 23.3 Å². The summed E-state index contributed by atoms with van der Waals surface area (Å²) in [4.78, 5) is 41.8. The first kappa shape index (κ1) is 15.7. The number of amides is 3. The molecule has 8 heteroatoms. The highest BCUT2D eigenvalue weighted by atomic mass is 16.4. The standard InChI is InChI=1S/C14H18N4O4/c1-3-12(20)17-6-7-18(13(21)8-17)14-16-10(9-22-14)4-5-11(19)15-2/h3,9H,1,4-8H2,2H3,(H,15,19). The summed E-state index contributed by atoms with van der Waals surface area (Å²) in [5.74, 6) is -0.620. The summed E-state index contributed by atoms with van der Waals surface area (Å²) in [6, 6.07) is 0.197. The Kier molecular flexibility index (Phi) is 4.92. The van der Waals surface area contributed by atoms with Gasteiger partial charge >= 0.3 is 6.01 Å². The van der Waals surface area contributed by atoms with Gasteiger partial charge in [-0.05, 0) is 6.08 Å². The number of nitrogens with zero attached hydrogens (tertiary/aromatic N) is 3. The predicted octanol–water partition coefficient (Wildman–Crippen LogP) is -0.286. The van der Waals surface area contributed by atoms with Crippen LogP contribution in [-0.2, 0) is 20.8 Å². The SMILES string of the molecule is C=CC(=O)N1CCN(c2nc(CCC(=O)NC)co2)C(=O)C1. The summed E-state index contributed by atoms with van der Waals surface area (Å²) in [6.07, 6.45) is 3.36. The lowest BCUT2D eigenvalue weighted by Gasteiger charge is -2.31. The van der Waals surface area contributed by atoms with Crippen LogP contribution in [-0.4, -0.2) is 54.3 Å². The van der Waals surface area contributed by atoms with E-state index in [-0.39, 0.29) is 30.3 Å². The Morgan fingerprint density at radius 2 is 2.27 bits per heavy atom. The van der Waals surface area contributed by atoms with Gasteiger partial charge in [0.05, 0.1) is 5.69 Å². The van der Waals surface area contributed by atoms with E-state index in [0.717, 1.165) is 0 Å². The molecule has 0 atom stereocenters. The van der Waals surface area contributed by atoms with E-state index in [2.05, 4.69) is 16.9 Å². The van der Waals surface area contributed by atoms with Crippen LogP contribution in [0, 0.1) is 0 Å². The molecule has 1 fully saturated rings. The number of piperazine rings is 1. The molecule has 8 nitrogen and oxygen atoms in total. The zero-order chi connectivity index (χ0) is 16.1. The summed E-state index contributed by atoms with van der Waals surface area (Å²) in [5.41, 5.74) is 0.607. The third kappa shape index (κ3) is 3.51. The minimum atomic E-state index is -0.272. The molecule has 1 aromatic rings. The molecule has 0 spiro atoms. The van der Waals surface area contributed by atoms with Crippen LogP contribution in [0.5, 0.6) is 0 Å². The number of aryl methyl sites for hydroxylation is 1. The first-order valence-corrected chi connectivity index (χ1v) is 6.92. The van der Waals surface area contributed by atoms with Gasteiger partial charge in [0.25, 0.3) is 0 Å². The van der Waals surface area contributed by atoms with E-state index >= 15 is 0 Å². The van der Waals surface area contributed by atoms with Crippen LogP contribution in [0.1, 0.15) is 12.1 Å². The topological polar surface area (TPSA) is 95.8 Å². The molecule has 1 aliphatic heterocycles. The van der Waals surface area contributed by atoms with Crippen LogP contribution in [0.2, 0.25) is 0 Å². The molecular formula is C14H18N4O4. The van der Waals surface area contributed by atoms with Gasteiger partial charge in [-0.25, -0.2) is 0 Å². The Labute approximate surface area is 127 Å². The molecule has 118 valence electrons. The molecule has 1 aromatic heterocycles. The van der Waals surface area contributed by atoms with Gasteiger partial charge in [-0.15, -0.1) is 0 Å². The Hall–Kier alpha value is -2.64. The Bertz CT molecular complexity index is 595. The van der Waals surface area contributed by atoms with E-state index in [4.69, 9.17) is 4.42 Å². The smallest absolute Gasteiger partial charge is 0.304 e. The van der Waals surface area contributed by atoms with Crippen molar-refractivity contribution in [2.24, 2.45) is 0 Å². The molecule has 1 N–H and O–H groups in total. The molecule has 0 radical (unpaired) electrons. The number of oxazole rings is 1. The molecule has 1 aliphatic rings. The number of hydrogen-bond acceptors (Lipinski definition) is 5. The van der Waals surface area contributed by atoms with Crippen molar-refractivity contribution in [2.45, 2.75) is 12.8 Å². The summed E-state index contributed by atoms with van der Waals surface area (Å²) in [7, 11) is 1.57. The van der Waals surface area contributed by atoms with E-state index in [1.165, 1.54) is 22.1 Å². The molecule has 2 heterocycles. The lowest BCUT2D eigenvalue weighted by molar-refractivity contribution is -0.133. The molecule has 0 aromatic carbocycles. The molecule has 2 rings (SSSR count). The number of hydrogen-bond donors (Lipinski definition) is 1. The Morgan fingerprint density at radius 3 is 2.91 bits per heavy atom. The molecular weight excluding hydrogens is 288 g/mol. The third-order valence-electron chi connectivity index (χ3n) is 3.36. The largest absolute Gasteiger partial charge is 0.431 e. The molecule has 0 bridgehead atoms. The minimum absolute atomic E-state index is 0.0270. The summed E-state index contributed by atoms with van der Waals surface area (Å²) < 4.78 is 5.30. The highest BCUT2D eigenvalue weighted by molar-refractivity contribution is 5.98. The van der Waals surface area contributed by atoms with Gasteiger partial charge < -0.3 is 14.6 Å². The second-order valence-corrected chi connectivity index (χ2v) is 4.80. The van der Waals surface area contributed by atoms with E-state index in [9.17, 15) is 14.4 Å². The van der Waals surface area contributed by atoms with E-state index in [1.807, 2.05) is 0 Å². The van der Waals surface area contributed by atoms with Crippen molar-refractivity contribution < 1.29 is 18.8 Å². The first-order chi connectivity index (χ1) is 10.5. The maximum Gasteiger partial charge on any atom is 0.304 e. The third-order valence-corrected chi connectivity index (χ3v) is 3.36. The molecule has 0 saturated carbocycles. The number of carbonyl (C=O) groups excluding carboxylic acids is 3.